The van der Waals surface area contributed by atoms with Crippen molar-refractivity contribution in [1.82, 2.24) is 0 Å². The average molecular weight is 332 g/mol. The number of likely N-dealkylation sites (N-methyl/N-ethyl adjacent to an activating group) is 1. The first-order chi connectivity index (χ1) is 9.69. The molecule has 0 N–H and O–H groups in total. The minimum absolute atomic E-state index is 0.273. The third kappa shape index (κ3) is 2.42. The summed E-state index contributed by atoms with van der Waals surface area (Å²) in [6, 6.07) is 15.3. The third-order valence-electron chi connectivity index (χ3n) is 3.94. The molecule has 0 radical (unpaired) electrons. The molecular weight excluding hydrogens is 314 g/mol. The van der Waals surface area contributed by atoms with E-state index < -0.39 is 0 Å². The summed E-state index contributed by atoms with van der Waals surface area (Å²) >= 11 is 3.49. The van der Waals surface area contributed by atoms with Crippen LogP contribution in [0.3, 0.4) is 0 Å². The summed E-state index contributed by atoms with van der Waals surface area (Å²) in [5.41, 5.74) is 3.82. The fourth-order valence-electron chi connectivity index (χ4n) is 2.64. The van der Waals surface area contributed by atoms with Crippen LogP contribution in [0.2, 0.25) is 0 Å². The number of nitrogens with zero attached hydrogens (tertiary/aromatic N) is 1. The van der Waals surface area contributed by atoms with Crippen LogP contribution in [-0.2, 0) is 6.42 Å². The van der Waals surface area contributed by atoms with Crippen LogP contribution in [0, 0.1) is 0 Å². The molecule has 1 atom stereocenters. The van der Waals surface area contributed by atoms with Gasteiger partial charge in [0.2, 0.25) is 0 Å². The maximum atomic E-state index is 5.93. The minimum atomic E-state index is 0.273. The third-order valence-corrected chi connectivity index (χ3v) is 4.43. The van der Waals surface area contributed by atoms with E-state index in [1.807, 2.05) is 6.07 Å². The lowest BCUT2D eigenvalue weighted by Crippen LogP contribution is -2.33. The molecule has 2 nitrogen and oxygen atoms in total. The predicted molar refractivity (Wildman–Crippen MR) is 86.6 cm³/mol. The Morgan fingerprint density at radius 3 is 2.65 bits per heavy atom. The van der Waals surface area contributed by atoms with Crippen LogP contribution in [0.25, 0.3) is 0 Å². The quantitative estimate of drug-likeness (QED) is 0.798. The van der Waals surface area contributed by atoms with Gasteiger partial charge in [0, 0.05) is 11.5 Å². The first-order valence-electron chi connectivity index (χ1n) is 6.93. The molecule has 0 fully saturated rings. The number of benzene rings is 2. The smallest absolute Gasteiger partial charge is 0.143 e. The number of rotatable bonds is 2. The van der Waals surface area contributed by atoms with E-state index in [-0.39, 0.29) is 6.04 Å². The number of hydrogen-bond acceptors (Lipinski definition) is 2. The van der Waals surface area contributed by atoms with Crippen LogP contribution in [0.1, 0.15) is 24.1 Å². The Bertz CT molecular complexity index is 609. The molecule has 1 heterocycles. The normalized spacial score (nSPS) is 17.6. The molecule has 3 rings (SSSR count). The highest BCUT2D eigenvalue weighted by Gasteiger charge is 2.26. The van der Waals surface area contributed by atoms with Gasteiger partial charge in [0.15, 0.2) is 0 Å². The molecule has 1 aliphatic rings. The monoisotopic (exact) mass is 331 g/mol. The van der Waals surface area contributed by atoms with Crippen LogP contribution in [-0.4, -0.2) is 13.7 Å². The fourth-order valence-corrected chi connectivity index (χ4v) is 2.98. The summed E-state index contributed by atoms with van der Waals surface area (Å²) in [5.74, 6) is 0.948. The van der Waals surface area contributed by atoms with Gasteiger partial charge in [0.05, 0.1) is 11.7 Å². The lowest BCUT2D eigenvalue weighted by Gasteiger charge is -2.36. The fraction of sp³-hybridized carbons (Fsp3) is 0.294. The van der Waals surface area contributed by atoms with Gasteiger partial charge < -0.3 is 9.64 Å². The summed E-state index contributed by atoms with van der Waals surface area (Å²) in [6.07, 6.45) is 1.08. The van der Waals surface area contributed by atoms with Crippen molar-refractivity contribution in [2.24, 2.45) is 0 Å². The van der Waals surface area contributed by atoms with Crippen LogP contribution in [0.5, 0.6) is 5.75 Å². The number of fused-ring (bicyclic) bond motifs is 1. The van der Waals surface area contributed by atoms with Gasteiger partial charge in [0.25, 0.3) is 0 Å². The summed E-state index contributed by atoms with van der Waals surface area (Å²) in [7, 11) is 2.13. The van der Waals surface area contributed by atoms with Gasteiger partial charge in [-0.3, -0.25) is 0 Å². The molecule has 0 saturated carbocycles. The molecule has 1 unspecified atom stereocenters. The molecule has 2 aromatic carbocycles. The lowest BCUT2D eigenvalue weighted by atomic mass is 10.0. The van der Waals surface area contributed by atoms with Gasteiger partial charge in [-0.2, -0.15) is 0 Å². The Labute approximate surface area is 128 Å². The first-order valence-corrected chi connectivity index (χ1v) is 7.72. The van der Waals surface area contributed by atoms with Crippen LogP contribution in [0.4, 0.5) is 5.69 Å². The second kappa shape index (κ2) is 5.49. The van der Waals surface area contributed by atoms with Crippen molar-refractivity contribution in [3.05, 3.63) is 58.1 Å². The molecule has 0 aromatic heterocycles. The molecular formula is C17H18BrNO. The van der Waals surface area contributed by atoms with E-state index in [1.54, 1.807) is 0 Å². The Morgan fingerprint density at radius 2 is 1.95 bits per heavy atom. The molecule has 0 spiro atoms. The van der Waals surface area contributed by atoms with Crippen molar-refractivity contribution in [1.29, 1.82) is 0 Å². The first kappa shape index (κ1) is 13.5. The molecule has 0 aliphatic carbocycles. The van der Waals surface area contributed by atoms with E-state index in [2.05, 4.69) is 71.2 Å². The van der Waals surface area contributed by atoms with Crippen molar-refractivity contribution >= 4 is 21.6 Å². The van der Waals surface area contributed by atoms with Gasteiger partial charge >= 0.3 is 0 Å². The van der Waals surface area contributed by atoms with E-state index >= 15 is 0 Å². The van der Waals surface area contributed by atoms with Crippen molar-refractivity contribution < 1.29 is 4.74 Å². The summed E-state index contributed by atoms with van der Waals surface area (Å²) in [5, 5.41) is 0. The Hall–Kier alpha value is -1.48. The SMILES string of the molecule is CCc1ccc(C2COc3cc(Br)ccc3N2C)cc1. The largest absolute Gasteiger partial charge is 0.489 e. The molecule has 3 heteroatoms. The number of hydrogen-bond donors (Lipinski definition) is 0. The molecule has 104 valence electrons. The maximum absolute atomic E-state index is 5.93. The highest BCUT2D eigenvalue weighted by atomic mass is 79.9. The van der Waals surface area contributed by atoms with E-state index in [0.29, 0.717) is 6.61 Å². The number of ether oxygens (including phenoxy) is 1. The maximum Gasteiger partial charge on any atom is 0.143 e. The van der Waals surface area contributed by atoms with Crippen LogP contribution >= 0.6 is 15.9 Å². The summed E-state index contributed by atoms with van der Waals surface area (Å²) in [4.78, 5) is 2.30. The minimum Gasteiger partial charge on any atom is -0.489 e. The van der Waals surface area contributed by atoms with E-state index in [9.17, 15) is 0 Å². The molecule has 2 aromatic rings. The highest BCUT2D eigenvalue weighted by Crippen LogP contribution is 2.39. The summed E-state index contributed by atoms with van der Waals surface area (Å²) < 4.78 is 6.98. The summed E-state index contributed by atoms with van der Waals surface area (Å²) in [6.45, 7) is 2.87. The lowest BCUT2D eigenvalue weighted by molar-refractivity contribution is 0.268. The van der Waals surface area contributed by atoms with E-state index in [0.717, 1.165) is 22.3 Å². The van der Waals surface area contributed by atoms with Gasteiger partial charge in [-0.25, -0.2) is 0 Å². The van der Waals surface area contributed by atoms with Gasteiger partial charge in [0.1, 0.15) is 12.4 Å². The predicted octanol–water partition coefficient (Wildman–Crippen LogP) is 4.58. The van der Waals surface area contributed by atoms with Crippen LogP contribution < -0.4 is 9.64 Å². The highest BCUT2D eigenvalue weighted by molar-refractivity contribution is 9.10. The topological polar surface area (TPSA) is 12.5 Å². The zero-order valence-corrected chi connectivity index (χ0v) is 13.4. The molecule has 20 heavy (non-hydrogen) atoms. The Kier molecular flexibility index (Phi) is 3.70. The molecule has 0 bridgehead atoms. The molecule has 0 saturated heterocycles. The number of anilines is 1. The van der Waals surface area contributed by atoms with Crippen molar-refractivity contribution in [3.63, 3.8) is 0 Å². The molecule has 0 amide bonds. The standard InChI is InChI=1S/C17H18BrNO/c1-3-12-4-6-13(7-5-12)16-11-20-17-10-14(18)8-9-15(17)19(16)2/h4-10,16H,3,11H2,1-2H3. The van der Waals surface area contributed by atoms with E-state index in [1.165, 1.54) is 11.1 Å². The van der Waals surface area contributed by atoms with Crippen LogP contribution in [0.15, 0.2) is 46.9 Å². The van der Waals surface area contributed by atoms with Gasteiger partial charge in [-0.1, -0.05) is 47.1 Å². The van der Waals surface area contributed by atoms with Crippen molar-refractivity contribution in [2.45, 2.75) is 19.4 Å². The Balaban J connectivity index is 1.90. The van der Waals surface area contributed by atoms with Gasteiger partial charge in [-0.15, -0.1) is 0 Å². The Morgan fingerprint density at radius 1 is 1.20 bits per heavy atom. The average Bonchev–Trinajstić information content (AvgIpc) is 2.48. The van der Waals surface area contributed by atoms with E-state index in [4.69, 9.17) is 4.74 Å². The van der Waals surface area contributed by atoms with Gasteiger partial charge in [-0.05, 0) is 35.7 Å². The molecule has 1 aliphatic heterocycles. The number of aryl methyl sites for hydroxylation is 1. The zero-order chi connectivity index (χ0) is 14.1. The van der Waals surface area contributed by atoms with Crippen molar-refractivity contribution in [2.75, 3.05) is 18.6 Å². The second-order valence-electron chi connectivity index (χ2n) is 5.14. The zero-order valence-electron chi connectivity index (χ0n) is 11.8. The number of halogens is 1. The second-order valence-corrected chi connectivity index (χ2v) is 6.06. The van der Waals surface area contributed by atoms with Crippen molar-refractivity contribution in [3.8, 4) is 5.75 Å².